The van der Waals surface area contributed by atoms with Crippen molar-refractivity contribution >= 4 is 21.7 Å². The van der Waals surface area contributed by atoms with Crippen molar-refractivity contribution in [2.45, 2.75) is 4.90 Å². The van der Waals surface area contributed by atoms with Crippen molar-refractivity contribution < 1.29 is 27.4 Å². The fourth-order valence-corrected chi connectivity index (χ4v) is 2.99. The van der Waals surface area contributed by atoms with E-state index in [1.807, 2.05) is 0 Å². The van der Waals surface area contributed by atoms with E-state index in [1.165, 1.54) is 43.4 Å². The minimum absolute atomic E-state index is 0.0429. The van der Waals surface area contributed by atoms with Crippen molar-refractivity contribution in [2.24, 2.45) is 0 Å². The highest BCUT2D eigenvalue weighted by molar-refractivity contribution is 7.92. The highest BCUT2D eigenvalue weighted by Crippen LogP contribution is 2.24. The molecule has 2 aromatic carbocycles. The summed E-state index contributed by atoms with van der Waals surface area (Å²) in [5.74, 6) is -1.61. The van der Waals surface area contributed by atoms with Crippen molar-refractivity contribution in [2.75, 3.05) is 18.0 Å². The summed E-state index contributed by atoms with van der Waals surface area (Å²) >= 11 is 0. The molecule has 122 valence electrons. The van der Waals surface area contributed by atoms with Crippen LogP contribution in [0.3, 0.4) is 0 Å². The van der Waals surface area contributed by atoms with Crippen molar-refractivity contribution in [1.82, 2.24) is 0 Å². The van der Waals surface area contributed by atoms with Crippen LogP contribution >= 0.6 is 0 Å². The molecular formula is C15H13FNO5S-. The summed E-state index contributed by atoms with van der Waals surface area (Å²) in [5, 5.41) is 10.3. The average molecular weight is 338 g/mol. The maximum absolute atomic E-state index is 12.9. The topological polar surface area (TPSA) is 86.7 Å². The first-order valence-corrected chi connectivity index (χ1v) is 7.92. The summed E-state index contributed by atoms with van der Waals surface area (Å²) in [6.45, 7) is -0.594. The number of nitrogens with zero attached hydrogens (tertiary/aromatic N) is 1. The van der Waals surface area contributed by atoms with E-state index >= 15 is 0 Å². The number of aliphatic carboxylic acids is 1. The summed E-state index contributed by atoms with van der Waals surface area (Å²) in [5.41, 5.74) is 0.343. The Kier molecular flexibility index (Phi) is 4.85. The first-order valence-electron chi connectivity index (χ1n) is 6.48. The third-order valence-electron chi connectivity index (χ3n) is 3.03. The maximum atomic E-state index is 12.9. The summed E-state index contributed by atoms with van der Waals surface area (Å²) in [6, 6.07) is 10.3. The Balaban J connectivity index is 2.20. The molecule has 0 bridgehead atoms. The van der Waals surface area contributed by atoms with E-state index < -0.39 is 28.4 Å². The lowest BCUT2D eigenvalue weighted by Gasteiger charge is -2.20. The number of carboxylic acids is 1. The second-order valence-electron chi connectivity index (χ2n) is 4.58. The van der Waals surface area contributed by atoms with Crippen LogP contribution in [0.25, 0.3) is 0 Å². The molecule has 2 aromatic rings. The number of rotatable bonds is 6. The van der Waals surface area contributed by atoms with Gasteiger partial charge in [-0.05, 0) is 48.5 Å². The van der Waals surface area contributed by atoms with Gasteiger partial charge in [-0.3, -0.25) is 4.31 Å². The molecule has 23 heavy (non-hydrogen) atoms. The molecule has 0 saturated carbocycles. The third-order valence-corrected chi connectivity index (χ3v) is 4.83. The standard InChI is InChI=1S/C15H14FNO5S/c1-17(23(20,21)14-8-2-11(16)3-9-14)12-4-6-13(7-5-12)22-10-15(18)19/h2-9H,10H2,1H3,(H,18,19)/p-1. The zero-order valence-corrected chi connectivity index (χ0v) is 12.9. The van der Waals surface area contributed by atoms with Gasteiger partial charge in [-0.2, -0.15) is 0 Å². The van der Waals surface area contributed by atoms with Crippen LogP contribution in [0.1, 0.15) is 0 Å². The lowest BCUT2D eigenvalue weighted by molar-refractivity contribution is -0.307. The summed E-state index contributed by atoms with van der Waals surface area (Å²) in [4.78, 5) is 10.3. The number of carbonyl (C=O) groups excluding carboxylic acids is 1. The number of halogens is 1. The zero-order chi connectivity index (χ0) is 17.0. The average Bonchev–Trinajstić information content (AvgIpc) is 2.53. The van der Waals surface area contributed by atoms with Crippen molar-refractivity contribution in [3.05, 3.63) is 54.3 Å². The molecule has 0 N–H and O–H groups in total. The van der Waals surface area contributed by atoms with Gasteiger partial charge in [0.1, 0.15) is 18.2 Å². The summed E-state index contributed by atoms with van der Waals surface area (Å²) < 4.78 is 43.7. The van der Waals surface area contributed by atoms with E-state index in [4.69, 9.17) is 4.74 Å². The lowest BCUT2D eigenvalue weighted by atomic mass is 10.3. The van der Waals surface area contributed by atoms with Crippen LogP contribution in [0.2, 0.25) is 0 Å². The van der Waals surface area contributed by atoms with Gasteiger partial charge >= 0.3 is 0 Å². The molecule has 0 unspecified atom stereocenters. The van der Waals surface area contributed by atoms with Gasteiger partial charge in [0.2, 0.25) is 0 Å². The van der Waals surface area contributed by atoms with E-state index in [-0.39, 0.29) is 10.6 Å². The van der Waals surface area contributed by atoms with Crippen LogP contribution in [0.4, 0.5) is 10.1 Å². The van der Waals surface area contributed by atoms with E-state index in [1.54, 1.807) is 0 Å². The van der Waals surface area contributed by atoms with Crippen molar-refractivity contribution in [1.29, 1.82) is 0 Å². The molecule has 0 amide bonds. The quantitative estimate of drug-likeness (QED) is 0.777. The van der Waals surface area contributed by atoms with Crippen LogP contribution in [0, 0.1) is 5.82 Å². The van der Waals surface area contributed by atoms with E-state index in [9.17, 15) is 22.7 Å². The molecule has 0 aromatic heterocycles. The maximum Gasteiger partial charge on any atom is 0.264 e. The summed E-state index contributed by atoms with van der Waals surface area (Å²) in [6.07, 6.45) is 0. The summed E-state index contributed by atoms with van der Waals surface area (Å²) in [7, 11) is -2.47. The van der Waals surface area contributed by atoms with Gasteiger partial charge in [-0.25, -0.2) is 12.8 Å². The zero-order valence-electron chi connectivity index (χ0n) is 12.1. The number of hydrogen-bond acceptors (Lipinski definition) is 5. The molecule has 0 fully saturated rings. The van der Waals surface area contributed by atoms with E-state index in [0.717, 1.165) is 16.4 Å². The monoisotopic (exact) mass is 338 g/mol. The molecule has 0 heterocycles. The molecule has 0 aliphatic carbocycles. The van der Waals surface area contributed by atoms with Crippen LogP contribution in [0.5, 0.6) is 5.75 Å². The van der Waals surface area contributed by atoms with Gasteiger partial charge in [-0.1, -0.05) is 0 Å². The first-order chi connectivity index (χ1) is 10.8. The predicted octanol–water partition coefficient (Wildman–Crippen LogP) is 0.779. The van der Waals surface area contributed by atoms with Gasteiger partial charge in [-0.15, -0.1) is 0 Å². The number of benzene rings is 2. The molecule has 0 aliphatic rings. The number of carboxylic acid groups (broad SMARTS) is 1. The Hall–Kier alpha value is -2.61. The van der Waals surface area contributed by atoms with Gasteiger partial charge in [0, 0.05) is 7.05 Å². The van der Waals surface area contributed by atoms with Crippen molar-refractivity contribution in [3.63, 3.8) is 0 Å². The second kappa shape index (κ2) is 6.66. The van der Waals surface area contributed by atoms with Gasteiger partial charge in [0.05, 0.1) is 16.6 Å². The number of anilines is 1. The first kappa shape index (κ1) is 16.8. The molecular weight excluding hydrogens is 325 g/mol. The minimum Gasteiger partial charge on any atom is -0.546 e. The van der Waals surface area contributed by atoms with Gasteiger partial charge in [0.25, 0.3) is 10.0 Å². The van der Waals surface area contributed by atoms with Crippen LogP contribution in [-0.4, -0.2) is 28.0 Å². The molecule has 6 nitrogen and oxygen atoms in total. The Morgan fingerprint density at radius 1 is 1.13 bits per heavy atom. The van der Waals surface area contributed by atoms with Crippen LogP contribution in [0.15, 0.2) is 53.4 Å². The van der Waals surface area contributed by atoms with Gasteiger partial charge < -0.3 is 14.6 Å². The van der Waals surface area contributed by atoms with Crippen LogP contribution < -0.4 is 14.1 Å². The number of ether oxygens (including phenoxy) is 1. The third kappa shape index (κ3) is 3.98. The number of hydrogen-bond donors (Lipinski definition) is 0. The molecule has 2 rings (SSSR count). The lowest BCUT2D eigenvalue weighted by Crippen LogP contribution is -2.29. The molecule has 0 saturated heterocycles. The highest BCUT2D eigenvalue weighted by atomic mass is 32.2. The molecule has 0 spiro atoms. The highest BCUT2D eigenvalue weighted by Gasteiger charge is 2.21. The Bertz CT molecular complexity index is 788. The SMILES string of the molecule is CN(c1ccc(OCC(=O)[O-])cc1)S(=O)(=O)c1ccc(F)cc1. The normalized spacial score (nSPS) is 11.0. The smallest absolute Gasteiger partial charge is 0.264 e. The molecule has 0 radical (unpaired) electrons. The fourth-order valence-electron chi connectivity index (χ4n) is 1.80. The molecule has 0 aliphatic heterocycles. The van der Waals surface area contributed by atoms with Crippen molar-refractivity contribution in [3.8, 4) is 5.75 Å². The fraction of sp³-hybridized carbons (Fsp3) is 0.133. The van der Waals surface area contributed by atoms with Gasteiger partial charge in [0.15, 0.2) is 0 Å². The number of carbonyl (C=O) groups is 1. The Labute approximate surface area is 132 Å². The number of sulfonamides is 1. The second-order valence-corrected chi connectivity index (χ2v) is 6.55. The largest absolute Gasteiger partial charge is 0.546 e. The molecule has 0 atom stereocenters. The minimum atomic E-state index is -3.83. The Morgan fingerprint density at radius 2 is 1.70 bits per heavy atom. The predicted molar refractivity (Wildman–Crippen MR) is 78.9 cm³/mol. The molecule has 8 heteroatoms. The van der Waals surface area contributed by atoms with E-state index in [2.05, 4.69) is 0 Å². The van der Waals surface area contributed by atoms with E-state index in [0.29, 0.717) is 5.69 Å². The van der Waals surface area contributed by atoms with Crippen LogP contribution in [-0.2, 0) is 14.8 Å². The Morgan fingerprint density at radius 3 is 2.22 bits per heavy atom.